The first kappa shape index (κ1) is 11.7. The Morgan fingerprint density at radius 1 is 1.41 bits per heavy atom. The second-order valence-electron chi connectivity index (χ2n) is 3.75. The van der Waals surface area contributed by atoms with Crippen LogP contribution in [-0.4, -0.2) is 19.6 Å². The number of pyridine rings is 1. The third-order valence-corrected chi connectivity index (χ3v) is 2.61. The minimum atomic E-state index is -0.761. The summed E-state index contributed by atoms with van der Waals surface area (Å²) in [5.74, 6) is 0.391. The predicted molar refractivity (Wildman–Crippen MR) is 60.8 cm³/mol. The van der Waals surface area contributed by atoms with Gasteiger partial charge in [0, 0.05) is 25.4 Å². The molecule has 0 aliphatic heterocycles. The van der Waals surface area contributed by atoms with Crippen molar-refractivity contribution in [3.05, 3.63) is 48.1 Å². The molecule has 1 N–H and O–H groups in total. The molecule has 0 radical (unpaired) electrons. The number of imidazole rings is 1. The van der Waals surface area contributed by atoms with E-state index < -0.39 is 11.9 Å². The van der Waals surface area contributed by atoms with E-state index in [1.165, 1.54) is 12.1 Å². The second kappa shape index (κ2) is 5.05. The van der Waals surface area contributed by atoms with Gasteiger partial charge in [-0.05, 0) is 19.1 Å². The molecule has 0 amide bonds. The Labute approximate surface area is 98.8 Å². The molecule has 0 aliphatic rings. The lowest BCUT2D eigenvalue weighted by molar-refractivity contribution is 0.169. The van der Waals surface area contributed by atoms with Gasteiger partial charge in [-0.25, -0.2) is 9.37 Å². The van der Waals surface area contributed by atoms with Crippen molar-refractivity contribution in [3.8, 4) is 0 Å². The topological polar surface area (TPSA) is 50.9 Å². The normalized spacial score (nSPS) is 12.6. The molecule has 5 heteroatoms. The number of aromatic nitrogens is 3. The van der Waals surface area contributed by atoms with Crippen molar-refractivity contribution in [2.45, 2.75) is 26.0 Å². The van der Waals surface area contributed by atoms with Crippen molar-refractivity contribution >= 4 is 0 Å². The van der Waals surface area contributed by atoms with Gasteiger partial charge in [-0.3, -0.25) is 4.98 Å². The summed E-state index contributed by atoms with van der Waals surface area (Å²) in [7, 11) is 0. The summed E-state index contributed by atoms with van der Waals surface area (Å²) in [4.78, 5) is 8.02. The average Bonchev–Trinajstić information content (AvgIpc) is 2.77. The molecule has 2 aromatic heterocycles. The lowest BCUT2D eigenvalue weighted by Gasteiger charge is -2.10. The first-order valence-electron chi connectivity index (χ1n) is 5.50. The monoisotopic (exact) mass is 235 g/mol. The Hall–Kier alpha value is -1.75. The number of aliphatic hydroxyl groups is 1. The maximum Gasteiger partial charge on any atom is 0.141 e. The van der Waals surface area contributed by atoms with Gasteiger partial charge in [0.2, 0.25) is 0 Å². The van der Waals surface area contributed by atoms with E-state index in [1.807, 2.05) is 17.7 Å². The molecule has 2 heterocycles. The highest BCUT2D eigenvalue weighted by molar-refractivity contribution is 5.10. The van der Waals surface area contributed by atoms with E-state index in [1.54, 1.807) is 6.20 Å². The number of hydrogen-bond acceptors (Lipinski definition) is 3. The molecule has 17 heavy (non-hydrogen) atoms. The summed E-state index contributed by atoms with van der Waals surface area (Å²) in [5, 5.41) is 9.96. The molecule has 0 bridgehead atoms. The molecule has 0 fully saturated rings. The fraction of sp³-hybridized carbons (Fsp3) is 0.333. The van der Waals surface area contributed by atoms with Crippen molar-refractivity contribution in [1.82, 2.24) is 14.5 Å². The van der Waals surface area contributed by atoms with Crippen LogP contribution >= 0.6 is 0 Å². The highest BCUT2D eigenvalue weighted by Gasteiger charge is 2.13. The van der Waals surface area contributed by atoms with Crippen molar-refractivity contribution in [2.24, 2.45) is 0 Å². The summed E-state index contributed by atoms with van der Waals surface area (Å²) in [6.07, 6.45) is 4.27. The molecular formula is C12H14FN3O. The summed E-state index contributed by atoms with van der Waals surface area (Å²) in [6, 6.07) is 2.77. The van der Waals surface area contributed by atoms with Crippen molar-refractivity contribution in [3.63, 3.8) is 0 Å². The van der Waals surface area contributed by atoms with Crippen LogP contribution in [0.1, 0.15) is 24.5 Å². The van der Waals surface area contributed by atoms with Crippen LogP contribution in [0.2, 0.25) is 0 Å². The molecule has 0 aliphatic carbocycles. The van der Waals surface area contributed by atoms with Gasteiger partial charge >= 0.3 is 0 Å². The van der Waals surface area contributed by atoms with Crippen LogP contribution in [0.25, 0.3) is 0 Å². The van der Waals surface area contributed by atoms with Crippen LogP contribution in [0.5, 0.6) is 0 Å². The molecule has 0 spiro atoms. The van der Waals surface area contributed by atoms with E-state index in [2.05, 4.69) is 9.97 Å². The van der Waals surface area contributed by atoms with E-state index in [0.29, 0.717) is 12.1 Å². The molecule has 0 saturated carbocycles. The number of rotatable bonds is 4. The van der Waals surface area contributed by atoms with Gasteiger partial charge in [-0.2, -0.15) is 0 Å². The maximum absolute atomic E-state index is 12.7. The fourth-order valence-corrected chi connectivity index (χ4v) is 1.68. The highest BCUT2D eigenvalue weighted by Crippen LogP contribution is 2.15. The van der Waals surface area contributed by atoms with Gasteiger partial charge in [0.05, 0.1) is 11.9 Å². The minimum absolute atomic E-state index is 0.374. The minimum Gasteiger partial charge on any atom is -0.386 e. The predicted octanol–water partition coefficient (Wildman–Crippen LogP) is 1.71. The van der Waals surface area contributed by atoms with Gasteiger partial charge in [0.1, 0.15) is 17.7 Å². The fourth-order valence-electron chi connectivity index (χ4n) is 1.68. The van der Waals surface area contributed by atoms with Crippen LogP contribution in [0.3, 0.4) is 0 Å². The zero-order valence-corrected chi connectivity index (χ0v) is 9.55. The molecule has 4 nitrogen and oxygen atoms in total. The van der Waals surface area contributed by atoms with Crippen LogP contribution in [0.15, 0.2) is 30.7 Å². The first-order chi connectivity index (χ1) is 8.20. The summed E-state index contributed by atoms with van der Waals surface area (Å²) in [6.45, 7) is 2.81. The smallest absolute Gasteiger partial charge is 0.141 e. The lowest BCUT2D eigenvalue weighted by Crippen LogP contribution is -2.09. The molecule has 0 aromatic carbocycles. The summed E-state index contributed by atoms with van der Waals surface area (Å²) in [5.41, 5.74) is 0.456. The quantitative estimate of drug-likeness (QED) is 0.877. The Kier molecular flexibility index (Phi) is 3.49. The van der Waals surface area contributed by atoms with Gasteiger partial charge in [-0.1, -0.05) is 0 Å². The van der Waals surface area contributed by atoms with Crippen LogP contribution in [-0.2, 0) is 13.0 Å². The Morgan fingerprint density at radius 2 is 2.24 bits per heavy atom. The number of aliphatic hydroxyl groups excluding tert-OH is 1. The Bertz CT molecular complexity index is 481. The zero-order valence-electron chi connectivity index (χ0n) is 9.55. The number of halogens is 1. The third-order valence-electron chi connectivity index (χ3n) is 2.61. The lowest BCUT2D eigenvalue weighted by atomic mass is 10.1. The maximum atomic E-state index is 12.7. The van der Waals surface area contributed by atoms with E-state index >= 15 is 0 Å². The number of nitrogens with zero attached hydrogens (tertiary/aromatic N) is 3. The SMILES string of the molecule is CCn1ccnc1CC(O)c1ccc(F)cn1. The second-order valence-corrected chi connectivity index (χ2v) is 3.75. The van der Waals surface area contributed by atoms with Crippen molar-refractivity contribution in [2.75, 3.05) is 0 Å². The van der Waals surface area contributed by atoms with Crippen LogP contribution in [0, 0.1) is 5.82 Å². The zero-order chi connectivity index (χ0) is 12.3. The third kappa shape index (κ3) is 2.68. The summed E-state index contributed by atoms with van der Waals surface area (Å²) < 4.78 is 14.6. The molecule has 1 atom stereocenters. The Morgan fingerprint density at radius 3 is 2.88 bits per heavy atom. The summed E-state index contributed by atoms with van der Waals surface area (Å²) >= 11 is 0. The first-order valence-corrected chi connectivity index (χ1v) is 5.50. The van der Waals surface area contributed by atoms with E-state index in [4.69, 9.17) is 0 Å². The van der Waals surface area contributed by atoms with Gasteiger partial charge in [0.25, 0.3) is 0 Å². The van der Waals surface area contributed by atoms with Gasteiger partial charge in [0.15, 0.2) is 0 Å². The largest absolute Gasteiger partial charge is 0.386 e. The highest BCUT2D eigenvalue weighted by atomic mass is 19.1. The molecule has 0 saturated heterocycles. The van der Waals surface area contributed by atoms with Gasteiger partial charge < -0.3 is 9.67 Å². The van der Waals surface area contributed by atoms with E-state index in [0.717, 1.165) is 18.6 Å². The molecule has 2 aromatic rings. The van der Waals surface area contributed by atoms with Crippen molar-refractivity contribution in [1.29, 1.82) is 0 Å². The molecule has 90 valence electrons. The van der Waals surface area contributed by atoms with E-state index in [-0.39, 0.29) is 0 Å². The van der Waals surface area contributed by atoms with Crippen molar-refractivity contribution < 1.29 is 9.50 Å². The van der Waals surface area contributed by atoms with Crippen LogP contribution in [0.4, 0.5) is 4.39 Å². The number of aryl methyl sites for hydroxylation is 1. The molecular weight excluding hydrogens is 221 g/mol. The number of hydrogen-bond donors (Lipinski definition) is 1. The molecule has 1 unspecified atom stereocenters. The van der Waals surface area contributed by atoms with Gasteiger partial charge in [-0.15, -0.1) is 0 Å². The van der Waals surface area contributed by atoms with Crippen LogP contribution < -0.4 is 0 Å². The average molecular weight is 235 g/mol. The Balaban J connectivity index is 2.11. The van der Waals surface area contributed by atoms with E-state index in [9.17, 15) is 9.50 Å². The molecule has 2 rings (SSSR count). The standard InChI is InChI=1S/C12H14FN3O/c1-2-16-6-5-14-12(16)7-11(17)10-4-3-9(13)8-15-10/h3-6,8,11,17H,2,7H2,1H3.